The normalized spacial score (nSPS) is 15.1. The van der Waals surface area contributed by atoms with Gasteiger partial charge in [0.2, 0.25) is 0 Å². The molecule has 122 valence electrons. The lowest BCUT2D eigenvalue weighted by atomic mass is 10.1. The molecule has 0 atom stereocenters. The van der Waals surface area contributed by atoms with Crippen molar-refractivity contribution in [2.75, 3.05) is 19.6 Å². The number of hydrogen-bond acceptors (Lipinski definition) is 3. The van der Waals surface area contributed by atoms with Crippen LogP contribution < -0.4 is 5.32 Å². The van der Waals surface area contributed by atoms with Crippen LogP contribution in [0.1, 0.15) is 17.5 Å². The van der Waals surface area contributed by atoms with Gasteiger partial charge >= 0.3 is 0 Å². The van der Waals surface area contributed by atoms with Crippen LogP contribution >= 0.6 is 0 Å². The smallest absolute Gasteiger partial charge is 0.0979 e. The molecule has 2 aromatic carbocycles. The van der Waals surface area contributed by atoms with Crippen LogP contribution in [0.5, 0.6) is 0 Å². The third-order valence-electron chi connectivity index (χ3n) is 4.40. The van der Waals surface area contributed by atoms with E-state index in [1.165, 1.54) is 11.1 Å². The summed E-state index contributed by atoms with van der Waals surface area (Å²) in [5.74, 6) is 0. The van der Waals surface area contributed by atoms with E-state index in [1.54, 1.807) is 0 Å². The second-order valence-corrected chi connectivity index (χ2v) is 6.18. The van der Waals surface area contributed by atoms with E-state index >= 15 is 0 Å². The van der Waals surface area contributed by atoms with Crippen molar-refractivity contribution >= 4 is 0 Å². The van der Waals surface area contributed by atoms with Gasteiger partial charge in [-0.15, -0.1) is 0 Å². The third-order valence-corrected chi connectivity index (χ3v) is 4.40. The van der Waals surface area contributed by atoms with Gasteiger partial charge in [-0.05, 0) is 17.5 Å². The molecule has 3 heteroatoms. The monoisotopic (exact) mass is 317 g/mol. The average Bonchev–Trinajstić information content (AvgIpc) is 2.64. The van der Waals surface area contributed by atoms with Crippen LogP contribution in [0, 0.1) is 11.3 Å². The minimum atomic E-state index is 0.735. The van der Waals surface area contributed by atoms with Gasteiger partial charge < -0.3 is 5.32 Å². The maximum atomic E-state index is 9.49. The predicted molar refractivity (Wildman–Crippen MR) is 97.1 cm³/mol. The Morgan fingerprint density at radius 1 is 0.958 bits per heavy atom. The Balaban J connectivity index is 1.55. The van der Waals surface area contributed by atoms with E-state index in [2.05, 4.69) is 64.8 Å². The SMILES string of the molecule is N#CC1=C(NCCc2ccccc2)CCN(Cc2ccccc2)C1. The highest BCUT2D eigenvalue weighted by Crippen LogP contribution is 2.17. The van der Waals surface area contributed by atoms with Crippen LogP contribution in [0.4, 0.5) is 0 Å². The van der Waals surface area contributed by atoms with Gasteiger partial charge in [-0.3, -0.25) is 4.90 Å². The summed E-state index contributed by atoms with van der Waals surface area (Å²) < 4.78 is 0. The predicted octanol–water partition coefficient (Wildman–Crippen LogP) is 3.50. The minimum Gasteiger partial charge on any atom is -0.387 e. The summed E-state index contributed by atoms with van der Waals surface area (Å²) >= 11 is 0. The van der Waals surface area contributed by atoms with Crippen molar-refractivity contribution in [2.45, 2.75) is 19.4 Å². The van der Waals surface area contributed by atoms with Crippen LogP contribution in [0.2, 0.25) is 0 Å². The van der Waals surface area contributed by atoms with Crippen molar-refractivity contribution in [3.05, 3.63) is 83.1 Å². The Kier molecular flexibility index (Phi) is 5.65. The fraction of sp³-hybridized carbons (Fsp3) is 0.286. The van der Waals surface area contributed by atoms with Gasteiger partial charge in [-0.25, -0.2) is 0 Å². The van der Waals surface area contributed by atoms with E-state index in [4.69, 9.17) is 0 Å². The van der Waals surface area contributed by atoms with Gasteiger partial charge in [0.25, 0.3) is 0 Å². The number of nitrogens with one attached hydrogen (secondary N) is 1. The Labute approximate surface area is 144 Å². The summed E-state index contributed by atoms with van der Waals surface area (Å²) in [5, 5.41) is 13.0. The Morgan fingerprint density at radius 2 is 1.62 bits per heavy atom. The van der Waals surface area contributed by atoms with Gasteiger partial charge in [-0.1, -0.05) is 60.7 Å². The molecular weight excluding hydrogens is 294 g/mol. The molecule has 3 rings (SSSR count). The first-order chi connectivity index (χ1) is 11.8. The molecule has 0 spiro atoms. The van der Waals surface area contributed by atoms with Gasteiger partial charge in [-0.2, -0.15) is 5.26 Å². The largest absolute Gasteiger partial charge is 0.387 e. The molecule has 0 aromatic heterocycles. The zero-order valence-electron chi connectivity index (χ0n) is 13.9. The lowest BCUT2D eigenvalue weighted by Crippen LogP contribution is -2.34. The molecule has 2 aromatic rings. The molecule has 0 radical (unpaired) electrons. The summed E-state index contributed by atoms with van der Waals surface area (Å²) in [7, 11) is 0. The molecule has 1 aliphatic heterocycles. The number of nitrogens with zero attached hydrogens (tertiary/aromatic N) is 2. The first-order valence-corrected chi connectivity index (χ1v) is 8.51. The second kappa shape index (κ2) is 8.33. The highest BCUT2D eigenvalue weighted by molar-refractivity contribution is 5.31. The van der Waals surface area contributed by atoms with E-state index in [0.717, 1.165) is 50.3 Å². The maximum absolute atomic E-state index is 9.49. The number of nitriles is 1. The van der Waals surface area contributed by atoms with Crippen LogP contribution in [-0.4, -0.2) is 24.5 Å². The Morgan fingerprint density at radius 3 is 2.29 bits per heavy atom. The van der Waals surface area contributed by atoms with Gasteiger partial charge in [0.15, 0.2) is 0 Å². The molecule has 1 N–H and O–H groups in total. The molecule has 1 aliphatic rings. The zero-order chi connectivity index (χ0) is 16.6. The standard InChI is InChI=1S/C21H23N3/c22-15-20-17-24(16-19-9-5-2-6-10-19)14-12-21(20)23-13-11-18-7-3-1-4-8-18/h1-10,23H,11-14,16-17H2. The first kappa shape index (κ1) is 16.3. The van der Waals surface area contributed by atoms with Gasteiger partial charge in [0, 0.05) is 38.3 Å². The molecule has 3 nitrogen and oxygen atoms in total. The van der Waals surface area contributed by atoms with E-state index < -0.39 is 0 Å². The quantitative estimate of drug-likeness (QED) is 0.886. The van der Waals surface area contributed by atoms with Crippen molar-refractivity contribution in [2.24, 2.45) is 0 Å². The summed E-state index contributed by atoms with van der Waals surface area (Å²) in [6.07, 6.45) is 1.90. The third kappa shape index (κ3) is 4.47. The summed E-state index contributed by atoms with van der Waals surface area (Å²) in [6, 6.07) is 23.3. The molecule has 0 unspecified atom stereocenters. The van der Waals surface area contributed by atoms with Crippen molar-refractivity contribution in [1.29, 1.82) is 5.26 Å². The maximum Gasteiger partial charge on any atom is 0.0979 e. The highest BCUT2D eigenvalue weighted by Gasteiger charge is 2.18. The number of benzene rings is 2. The Bertz CT molecular complexity index is 714. The zero-order valence-corrected chi connectivity index (χ0v) is 13.9. The van der Waals surface area contributed by atoms with Crippen molar-refractivity contribution < 1.29 is 0 Å². The molecule has 0 amide bonds. The van der Waals surface area contributed by atoms with Gasteiger partial charge in [0.1, 0.15) is 0 Å². The second-order valence-electron chi connectivity index (χ2n) is 6.18. The molecule has 0 saturated heterocycles. The molecule has 24 heavy (non-hydrogen) atoms. The van der Waals surface area contributed by atoms with E-state index in [-0.39, 0.29) is 0 Å². The molecular formula is C21H23N3. The lowest BCUT2D eigenvalue weighted by Gasteiger charge is -2.29. The summed E-state index contributed by atoms with van der Waals surface area (Å²) in [5.41, 5.74) is 4.63. The average molecular weight is 317 g/mol. The molecule has 0 bridgehead atoms. The number of hydrogen-bond donors (Lipinski definition) is 1. The van der Waals surface area contributed by atoms with Crippen LogP contribution in [0.25, 0.3) is 0 Å². The fourth-order valence-corrected chi connectivity index (χ4v) is 3.10. The van der Waals surface area contributed by atoms with Crippen molar-refractivity contribution in [3.63, 3.8) is 0 Å². The fourth-order valence-electron chi connectivity index (χ4n) is 3.10. The molecule has 0 aliphatic carbocycles. The number of rotatable bonds is 6. The van der Waals surface area contributed by atoms with Crippen LogP contribution in [-0.2, 0) is 13.0 Å². The lowest BCUT2D eigenvalue weighted by molar-refractivity contribution is 0.276. The summed E-state index contributed by atoms with van der Waals surface area (Å²) in [4.78, 5) is 2.34. The van der Waals surface area contributed by atoms with Crippen LogP contribution in [0.3, 0.4) is 0 Å². The minimum absolute atomic E-state index is 0.735. The molecule has 0 saturated carbocycles. The van der Waals surface area contributed by atoms with E-state index in [1.807, 2.05) is 12.1 Å². The van der Waals surface area contributed by atoms with Crippen LogP contribution in [0.15, 0.2) is 71.9 Å². The topological polar surface area (TPSA) is 39.1 Å². The van der Waals surface area contributed by atoms with Crippen molar-refractivity contribution in [3.8, 4) is 6.07 Å². The Hall–Kier alpha value is -2.57. The van der Waals surface area contributed by atoms with E-state index in [9.17, 15) is 5.26 Å². The first-order valence-electron chi connectivity index (χ1n) is 8.51. The molecule has 0 fully saturated rings. The molecule has 1 heterocycles. The van der Waals surface area contributed by atoms with E-state index in [0.29, 0.717) is 0 Å². The van der Waals surface area contributed by atoms with Gasteiger partial charge in [0.05, 0.1) is 11.6 Å². The highest BCUT2D eigenvalue weighted by atomic mass is 15.1. The summed E-state index contributed by atoms with van der Waals surface area (Å²) in [6.45, 7) is 3.51. The van der Waals surface area contributed by atoms with Crippen molar-refractivity contribution in [1.82, 2.24) is 10.2 Å².